The van der Waals surface area contributed by atoms with E-state index in [2.05, 4.69) is 12.2 Å². The minimum absolute atomic E-state index is 0.0335. The molecule has 0 aliphatic heterocycles. The predicted octanol–water partition coefficient (Wildman–Crippen LogP) is 5.19. The zero-order valence-electron chi connectivity index (χ0n) is 16.2. The van der Waals surface area contributed by atoms with Gasteiger partial charge in [-0.3, -0.25) is 4.79 Å². The van der Waals surface area contributed by atoms with Gasteiger partial charge in [-0.2, -0.15) is 0 Å². The van der Waals surface area contributed by atoms with Gasteiger partial charge >= 0.3 is 0 Å². The number of anilines is 1. The highest BCUT2D eigenvalue weighted by atomic mass is 16.5. The van der Waals surface area contributed by atoms with Crippen molar-refractivity contribution in [2.75, 3.05) is 11.9 Å². The van der Waals surface area contributed by atoms with E-state index in [1.54, 1.807) is 0 Å². The smallest absolute Gasteiger partial charge is 0.256 e. The Morgan fingerprint density at radius 3 is 2.56 bits per heavy atom. The molecule has 0 unspecified atom stereocenters. The number of rotatable bonds is 7. The maximum absolute atomic E-state index is 13.0. The van der Waals surface area contributed by atoms with E-state index in [0.29, 0.717) is 19.1 Å². The average molecular weight is 367 g/mol. The molecule has 2 atom stereocenters. The largest absolute Gasteiger partial charge is 0.489 e. The molecule has 1 saturated carbocycles. The van der Waals surface area contributed by atoms with Gasteiger partial charge in [-0.25, -0.2) is 0 Å². The second-order valence-electron chi connectivity index (χ2n) is 7.38. The Morgan fingerprint density at radius 1 is 1.15 bits per heavy atom. The van der Waals surface area contributed by atoms with Crippen molar-refractivity contribution in [2.24, 2.45) is 5.92 Å². The lowest BCUT2D eigenvalue weighted by molar-refractivity contribution is -0.147. The van der Waals surface area contributed by atoms with Crippen molar-refractivity contribution in [3.8, 4) is 5.75 Å². The fraction of sp³-hybridized carbons (Fsp3) is 0.435. The van der Waals surface area contributed by atoms with E-state index in [1.807, 2.05) is 61.5 Å². The van der Waals surface area contributed by atoms with E-state index in [4.69, 9.17) is 9.47 Å². The standard InChI is InChI=1S/C23H29NO3/c1-3-27-23(15-7-8-18(2)16-23)22(25)24-20-11-13-21(14-12-20)26-17-19-9-5-4-6-10-19/h4-6,9-14,18H,3,7-8,15-17H2,1-2H3,(H,24,25)/t18-,23-/m1/s1. The first-order valence-electron chi connectivity index (χ1n) is 9.83. The fourth-order valence-corrected chi connectivity index (χ4v) is 3.80. The molecule has 0 saturated heterocycles. The number of hydrogen-bond donors (Lipinski definition) is 1. The quantitative estimate of drug-likeness (QED) is 0.732. The number of carbonyl (C=O) groups excluding carboxylic acids is 1. The van der Waals surface area contributed by atoms with Crippen LogP contribution in [0, 0.1) is 5.92 Å². The van der Waals surface area contributed by atoms with Gasteiger partial charge in [0.2, 0.25) is 0 Å². The molecule has 1 amide bonds. The molecule has 0 radical (unpaired) electrons. The summed E-state index contributed by atoms with van der Waals surface area (Å²) in [7, 11) is 0. The maximum atomic E-state index is 13.0. The summed E-state index contributed by atoms with van der Waals surface area (Å²) in [5.41, 5.74) is 1.19. The fourth-order valence-electron chi connectivity index (χ4n) is 3.80. The molecule has 3 rings (SSSR count). The summed E-state index contributed by atoms with van der Waals surface area (Å²) in [5, 5.41) is 3.04. The zero-order chi connectivity index (χ0) is 19.1. The Kier molecular flexibility index (Phi) is 6.51. The maximum Gasteiger partial charge on any atom is 0.256 e. The number of nitrogens with one attached hydrogen (secondary N) is 1. The van der Waals surface area contributed by atoms with Crippen molar-refractivity contribution >= 4 is 11.6 Å². The van der Waals surface area contributed by atoms with Crippen molar-refractivity contribution < 1.29 is 14.3 Å². The number of ether oxygens (including phenoxy) is 2. The summed E-state index contributed by atoms with van der Waals surface area (Å²) in [6.07, 6.45) is 3.76. The van der Waals surface area contributed by atoms with Crippen LogP contribution in [0.1, 0.15) is 45.1 Å². The van der Waals surface area contributed by atoms with Crippen LogP contribution in [0.5, 0.6) is 5.75 Å². The lowest BCUT2D eigenvalue weighted by atomic mass is 9.78. The predicted molar refractivity (Wildman–Crippen MR) is 108 cm³/mol. The second-order valence-corrected chi connectivity index (χ2v) is 7.38. The van der Waals surface area contributed by atoms with Crippen LogP contribution in [0.4, 0.5) is 5.69 Å². The summed E-state index contributed by atoms with van der Waals surface area (Å²) >= 11 is 0. The summed E-state index contributed by atoms with van der Waals surface area (Å²) in [5.74, 6) is 1.25. The number of benzene rings is 2. The van der Waals surface area contributed by atoms with Gasteiger partial charge in [-0.1, -0.05) is 43.7 Å². The molecular formula is C23H29NO3. The van der Waals surface area contributed by atoms with Gasteiger partial charge in [0.15, 0.2) is 0 Å². The second kappa shape index (κ2) is 9.05. The van der Waals surface area contributed by atoms with Gasteiger partial charge in [-0.05, 0) is 61.9 Å². The summed E-state index contributed by atoms with van der Waals surface area (Å²) in [6.45, 7) is 5.22. The topological polar surface area (TPSA) is 47.6 Å². The molecule has 0 spiro atoms. The molecule has 4 heteroatoms. The van der Waals surface area contributed by atoms with E-state index in [9.17, 15) is 4.79 Å². The van der Waals surface area contributed by atoms with Crippen LogP contribution in [0.15, 0.2) is 54.6 Å². The molecule has 1 N–H and O–H groups in total. The van der Waals surface area contributed by atoms with Gasteiger partial charge in [0, 0.05) is 12.3 Å². The molecule has 0 bridgehead atoms. The Hall–Kier alpha value is -2.33. The third-order valence-corrected chi connectivity index (χ3v) is 5.15. The number of amides is 1. The van der Waals surface area contributed by atoms with Crippen molar-refractivity contribution in [2.45, 2.75) is 51.7 Å². The molecule has 0 aromatic heterocycles. The highest BCUT2D eigenvalue weighted by Crippen LogP contribution is 2.36. The Bertz CT molecular complexity index is 725. The molecule has 2 aromatic rings. The molecular weight excluding hydrogens is 338 g/mol. The average Bonchev–Trinajstić information content (AvgIpc) is 2.68. The van der Waals surface area contributed by atoms with Gasteiger partial charge in [0.1, 0.15) is 18.0 Å². The molecule has 144 valence electrons. The molecule has 4 nitrogen and oxygen atoms in total. The van der Waals surface area contributed by atoms with E-state index in [-0.39, 0.29) is 5.91 Å². The Labute approximate surface area is 161 Å². The molecule has 1 aliphatic rings. The SMILES string of the molecule is CCO[C@]1(C(=O)Nc2ccc(OCc3ccccc3)cc2)CCC[C@@H](C)C1. The molecule has 1 fully saturated rings. The monoisotopic (exact) mass is 367 g/mol. The van der Waals surface area contributed by atoms with E-state index < -0.39 is 5.60 Å². The summed E-state index contributed by atoms with van der Waals surface area (Å²) in [6, 6.07) is 17.6. The molecule has 1 aliphatic carbocycles. The van der Waals surface area contributed by atoms with Crippen molar-refractivity contribution in [1.29, 1.82) is 0 Å². The van der Waals surface area contributed by atoms with Crippen molar-refractivity contribution in [1.82, 2.24) is 0 Å². The van der Waals surface area contributed by atoms with Crippen LogP contribution in [0.25, 0.3) is 0 Å². The van der Waals surface area contributed by atoms with Gasteiger partial charge < -0.3 is 14.8 Å². The van der Waals surface area contributed by atoms with Crippen LogP contribution in [-0.4, -0.2) is 18.1 Å². The Morgan fingerprint density at radius 2 is 1.89 bits per heavy atom. The van der Waals surface area contributed by atoms with Gasteiger partial charge in [0.25, 0.3) is 5.91 Å². The first-order valence-corrected chi connectivity index (χ1v) is 9.83. The first-order chi connectivity index (χ1) is 13.1. The van der Waals surface area contributed by atoms with E-state index >= 15 is 0 Å². The zero-order valence-corrected chi connectivity index (χ0v) is 16.2. The minimum Gasteiger partial charge on any atom is -0.489 e. The van der Waals surface area contributed by atoms with Crippen LogP contribution in [-0.2, 0) is 16.1 Å². The Balaban J connectivity index is 1.60. The molecule has 2 aromatic carbocycles. The summed E-state index contributed by atoms with van der Waals surface area (Å²) < 4.78 is 11.8. The summed E-state index contributed by atoms with van der Waals surface area (Å²) in [4.78, 5) is 13.0. The van der Waals surface area contributed by atoms with Crippen LogP contribution < -0.4 is 10.1 Å². The number of hydrogen-bond acceptors (Lipinski definition) is 3. The molecule has 27 heavy (non-hydrogen) atoms. The normalized spacial score (nSPS) is 22.2. The number of carbonyl (C=O) groups is 1. The minimum atomic E-state index is -0.700. The lowest BCUT2D eigenvalue weighted by Gasteiger charge is -2.38. The van der Waals surface area contributed by atoms with Crippen LogP contribution >= 0.6 is 0 Å². The van der Waals surface area contributed by atoms with Gasteiger partial charge in [0.05, 0.1) is 0 Å². The van der Waals surface area contributed by atoms with E-state index in [0.717, 1.165) is 42.7 Å². The third kappa shape index (κ3) is 5.10. The highest BCUT2D eigenvalue weighted by molar-refractivity contribution is 5.97. The first kappa shape index (κ1) is 19.4. The van der Waals surface area contributed by atoms with E-state index in [1.165, 1.54) is 0 Å². The van der Waals surface area contributed by atoms with Crippen LogP contribution in [0.3, 0.4) is 0 Å². The van der Waals surface area contributed by atoms with Crippen molar-refractivity contribution in [3.63, 3.8) is 0 Å². The molecule has 0 heterocycles. The van der Waals surface area contributed by atoms with Crippen LogP contribution in [0.2, 0.25) is 0 Å². The highest BCUT2D eigenvalue weighted by Gasteiger charge is 2.42. The lowest BCUT2D eigenvalue weighted by Crippen LogP contribution is -2.48. The van der Waals surface area contributed by atoms with Gasteiger partial charge in [-0.15, -0.1) is 0 Å². The van der Waals surface area contributed by atoms with Crippen molar-refractivity contribution in [3.05, 3.63) is 60.2 Å². The third-order valence-electron chi connectivity index (χ3n) is 5.15.